The summed E-state index contributed by atoms with van der Waals surface area (Å²) < 4.78 is 19.1. The van der Waals surface area contributed by atoms with Crippen LogP contribution in [0, 0.1) is 5.82 Å². The smallest absolute Gasteiger partial charge is 0.147 e. The second kappa shape index (κ2) is 5.82. The zero-order valence-electron chi connectivity index (χ0n) is 9.78. The van der Waals surface area contributed by atoms with Crippen molar-refractivity contribution in [2.24, 2.45) is 0 Å². The van der Waals surface area contributed by atoms with Crippen LogP contribution in [0.15, 0.2) is 41.1 Å². The molecule has 0 saturated heterocycles. The Hall–Kier alpha value is -1.62. The lowest BCUT2D eigenvalue weighted by atomic mass is 10.3. The first-order valence-electron chi connectivity index (χ1n) is 5.51. The molecule has 0 aliphatic carbocycles. The van der Waals surface area contributed by atoms with Crippen molar-refractivity contribution in [2.45, 2.75) is 6.92 Å². The van der Waals surface area contributed by atoms with Gasteiger partial charge in [0.25, 0.3) is 0 Å². The Bertz CT molecular complexity index is 548. The Kier molecular flexibility index (Phi) is 4.15. The van der Waals surface area contributed by atoms with Gasteiger partial charge in [0.2, 0.25) is 0 Å². The number of anilines is 1. The molecule has 5 heteroatoms. The van der Waals surface area contributed by atoms with Crippen molar-refractivity contribution in [2.75, 3.05) is 11.9 Å². The van der Waals surface area contributed by atoms with Gasteiger partial charge >= 0.3 is 0 Å². The quantitative estimate of drug-likeness (QED) is 0.918. The lowest BCUT2D eigenvalue weighted by Gasteiger charge is -2.08. The molecule has 1 N–H and O–H groups in total. The van der Waals surface area contributed by atoms with Gasteiger partial charge < -0.3 is 10.1 Å². The van der Waals surface area contributed by atoms with Crippen LogP contribution in [0.5, 0.6) is 11.5 Å². The van der Waals surface area contributed by atoms with Gasteiger partial charge in [0.05, 0.1) is 22.6 Å². The van der Waals surface area contributed by atoms with E-state index >= 15 is 0 Å². The Morgan fingerprint density at radius 3 is 2.83 bits per heavy atom. The van der Waals surface area contributed by atoms with Crippen molar-refractivity contribution in [3.8, 4) is 11.5 Å². The van der Waals surface area contributed by atoms with E-state index in [1.54, 1.807) is 24.5 Å². The first kappa shape index (κ1) is 12.8. The molecule has 2 rings (SSSR count). The third-order valence-corrected chi connectivity index (χ3v) is 2.83. The highest BCUT2D eigenvalue weighted by molar-refractivity contribution is 9.10. The van der Waals surface area contributed by atoms with E-state index in [2.05, 4.69) is 26.2 Å². The molecular weight excluding hydrogens is 299 g/mol. The van der Waals surface area contributed by atoms with E-state index in [1.165, 1.54) is 6.07 Å². The predicted molar refractivity (Wildman–Crippen MR) is 72.6 cm³/mol. The summed E-state index contributed by atoms with van der Waals surface area (Å²) in [5.41, 5.74) is 0.885. The van der Waals surface area contributed by atoms with Crippen molar-refractivity contribution in [3.63, 3.8) is 0 Å². The monoisotopic (exact) mass is 310 g/mol. The van der Waals surface area contributed by atoms with Crippen LogP contribution >= 0.6 is 15.9 Å². The number of ether oxygens (including phenoxy) is 1. The standard InChI is InChI=1S/C13H12BrFN2O/c1-2-17-9-5-11(8-16-7-9)18-10-3-4-13(15)12(14)6-10/h3-8,17H,2H2,1H3. The van der Waals surface area contributed by atoms with Crippen LogP contribution in [0.2, 0.25) is 0 Å². The van der Waals surface area contributed by atoms with Crippen LogP contribution in [0.4, 0.5) is 10.1 Å². The van der Waals surface area contributed by atoms with E-state index in [-0.39, 0.29) is 5.82 Å². The van der Waals surface area contributed by atoms with Crippen molar-refractivity contribution >= 4 is 21.6 Å². The van der Waals surface area contributed by atoms with E-state index in [1.807, 2.05) is 13.0 Å². The van der Waals surface area contributed by atoms with E-state index < -0.39 is 0 Å². The highest BCUT2D eigenvalue weighted by Crippen LogP contribution is 2.27. The lowest BCUT2D eigenvalue weighted by molar-refractivity contribution is 0.478. The molecule has 0 radical (unpaired) electrons. The molecule has 0 atom stereocenters. The minimum atomic E-state index is -0.318. The summed E-state index contributed by atoms with van der Waals surface area (Å²) in [5, 5.41) is 3.14. The fourth-order valence-electron chi connectivity index (χ4n) is 1.45. The average molecular weight is 311 g/mol. The van der Waals surface area contributed by atoms with Crippen molar-refractivity contribution in [1.82, 2.24) is 4.98 Å². The maximum absolute atomic E-state index is 13.1. The highest BCUT2D eigenvalue weighted by Gasteiger charge is 2.03. The van der Waals surface area contributed by atoms with Gasteiger partial charge in [-0.3, -0.25) is 4.98 Å². The van der Waals surface area contributed by atoms with Gasteiger partial charge in [0.1, 0.15) is 17.3 Å². The zero-order valence-corrected chi connectivity index (χ0v) is 11.4. The third-order valence-electron chi connectivity index (χ3n) is 2.22. The predicted octanol–water partition coefficient (Wildman–Crippen LogP) is 4.21. The maximum atomic E-state index is 13.1. The van der Waals surface area contributed by atoms with Crippen LogP contribution in [-0.4, -0.2) is 11.5 Å². The number of pyridine rings is 1. The molecule has 1 aromatic heterocycles. The molecule has 18 heavy (non-hydrogen) atoms. The topological polar surface area (TPSA) is 34.2 Å². The summed E-state index contributed by atoms with van der Waals surface area (Å²) in [6, 6.07) is 6.34. The van der Waals surface area contributed by atoms with E-state index in [0.717, 1.165) is 12.2 Å². The second-order valence-electron chi connectivity index (χ2n) is 3.62. The Balaban J connectivity index is 2.17. The van der Waals surface area contributed by atoms with Gasteiger partial charge in [-0.1, -0.05) is 0 Å². The van der Waals surface area contributed by atoms with Crippen molar-refractivity contribution in [1.29, 1.82) is 0 Å². The fraction of sp³-hybridized carbons (Fsp3) is 0.154. The molecule has 1 aromatic carbocycles. The van der Waals surface area contributed by atoms with Gasteiger partial charge in [-0.2, -0.15) is 0 Å². The summed E-state index contributed by atoms with van der Waals surface area (Å²) >= 11 is 3.12. The van der Waals surface area contributed by atoms with Crippen molar-refractivity contribution in [3.05, 3.63) is 46.9 Å². The molecule has 0 aliphatic heterocycles. The largest absolute Gasteiger partial charge is 0.456 e. The molecule has 0 amide bonds. The van der Waals surface area contributed by atoms with Crippen LogP contribution in [0.25, 0.3) is 0 Å². The number of benzene rings is 1. The van der Waals surface area contributed by atoms with Crippen LogP contribution in [0.1, 0.15) is 6.92 Å². The SMILES string of the molecule is CCNc1cncc(Oc2ccc(F)c(Br)c2)c1. The summed E-state index contributed by atoms with van der Waals surface area (Å²) in [6.07, 6.45) is 3.33. The fourth-order valence-corrected chi connectivity index (χ4v) is 1.81. The van der Waals surface area contributed by atoms with E-state index in [4.69, 9.17) is 4.74 Å². The number of aromatic nitrogens is 1. The highest BCUT2D eigenvalue weighted by atomic mass is 79.9. The van der Waals surface area contributed by atoms with Crippen LogP contribution < -0.4 is 10.1 Å². The summed E-state index contributed by atoms with van der Waals surface area (Å²) in [4.78, 5) is 4.07. The normalized spacial score (nSPS) is 10.2. The second-order valence-corrected chi connectivity index (χ2v) is 4.47. The molecule has 1 heterocycles. The van der Waals surface area contributed by atoms with Gasteiger partial charge in [-0.05, 0) is 41.1 Å². The summed E-state index contributed by atoms with van der Waals surface area (Å²) in [5.74, 6) is 0.840. The lowest BCUT2D eigenvalue weighted by Crippen LogP contribution is -1.97. The minimum absolute atomic E-state index is 0.318. The van der Waals surface area contributed by atoms with Gasteiger partial charge in [-0.25, -0.2) is 4.39 Å². The molecule has 0 bridgehead atoms. The Labute approximate surface area is 113 Å². The van der Waals surface area contributed by atoms with E-state index in [9.17, 15) is 4.39 Å². The Morgan fingerprint density at radius 2 is 2.11 bits per heavy atom. The Morgan fingerprint density at radius 1 is 1.28 bits per heavy atom. The average Bonchev–Trinajstić information content (AvgIpc) is 2.35. The maximum Gasteiger partial charge on any atom is 0.147 e. The number of hydrogen-bond acceptors (Lipinski definition) is 3. The molecule has 0 aliphatic rings. The molecule has 0 unspecified atom stereocenters. The first-order valence-corrected chi connectivity index (χ1v) is 6.30. The number of halogens is 2. The number of nitrogens with one attached hydrogen (secondary N) is 1. The summed E-state index contributed by atoms with van der Waals surface area (Å²) in [6.45, 7) is 2.82. The molecule has 0 spiro atoms. The van der Waals surface area contributed by atoms with Crippen LogP contribution in [0.3, 0.4) is 0 Å². The number of rotatable bonds is 4. The molecule has 3 nitrogen and oxygen atoms in total. The number of nitrogens with zero attached hydrogens (tertiary/aromatic N) is 1. The van der Waals surface area contributed by atoms with Crippen molar-refractivity contribution < 1.29 is 9.13 Å². The third kappa shape index (κ3) is 3.20. The number of hydrogen-bond donors (Lipinski definition) is 1. The molecule has 2 aromatic rings. The van der Waals surface area contributed by atoms with Gasteiger partial charge in [0.15, 0.2) is 0 Å². The molecule has 0 saturated carbocycles. The first-order chi connectivity index (χ1) is 8.69. The minimum Gasteiger partial charge on any atom is -0.456 e. The summed E-state index contributed by atoms with van der Waals surface area (Å²) in [7, 11) is 0. The van der Waals surface area contributed by atoms with Gasteiger partial charge in [-0.15, -0.1) is 0 Å². The molecule has 0 fully saturated rings. The molecular formula is C13H12BrFN2O. The molecule has 94 valence electrons. The van der Waals surface area contributed by atoms with E-state index in [0.29, 0.717) is 16.0 Å². The van der Waals surface area contributed by atoms with Gasteiger partial charge in [0, 0.05) is 12.6 Å². The zero-order chi connectivity index (χ0) is 13.0. The van der Waals surface area contributed by atoms with Crippen LogP contribution in [-0.2, 0) is 0 Å².